The summed E-state index contributed by atoms with van der Waals surface area (Å²) in [5.41, 5.74) is 2.64. The molecule has 1 amide bonds. The smallest absolute Gasteiger partial charge is 0.335 e. The van der Waals surface area contributed by atoms with Crippen LogP contribution in [0.25, 0.3) is 0 Å². The number of carboxylic acids is 1. The Bertz CT molecular complexity index is 856. The van der Waals surface area contributed by atoms with Crippen LogP contribution in [-0.2, 0) is 4.74 Å². The number of amides is 1. The van der Waals surface area contributed by atoms with E-state index in [-0.39, 0.29) is 23.1 Å². The fourth-order valence-corrected chi connectivity index (χ4v) is 3.04. The van der Waals surface area contributed by atoms with E-state index in [1.807, 2.05) is 19.1 Å². The van der Waals surface area contributed by atoms with Crippen LogP contribution in [0.1, 0.15) is 44.7 Å². The molecule has 1 aliphatic heterocycles. The van der Waals surface area contributed by atoms with Crippen molar-refractivity contribution in [2.45, 2.75) is 32.8 Å². The van der Waals surface area contributed by atoms with Gasteiger partial charge in [-0.25, -0.2) is 4.79 Å². The molecule has 1 fully saturated rings. The van der Waals surface area contributed by atoms with E-state index in [1.54, 1.807) is 19.1 Å². The van der Waals surface area contributed by atoms with Crippen LogP contribution >= 0.6 is 0 Å². The summed E-state index contributed by atoms with van der Waals surface area (Å²) in [6, 6.07) is 10.1. The zero-order chi connectivity index (χ0) is 19.4. The van der Waals surface area contributed by atoms with Gasteiger partial charge in [-0.05, 0) is 68.1 Å². The van der Waals surface area contributed by atoms with Gasteiger partial charge in [-0.15, -0.1) is 0 Å². The van der Waals surface area contributed by atoms with E-state index in [2.05, 4.69) is 5.32 Å². The molecule has 0 aliphatic carbocycles. The molecule has 2 N–H and O–H groups in total. The number of benzene rings is 2. The molecule has 3 rings (SSSR count). The SMILES string of the molecule is Cc1cc(C(=O)O)cc(C(=O)Nc2ccc(C)cc2OCC2CCCO2)c1. The van der Waals surface area contributed by atoms with Crippen molar-refractivity contribution in [1.29, 1.82) is 0 Å². The average molecular weight is 369 g/mol. The lowest BCUT2D eigenvalue weighted by molar-refractivity contribution is 0.0681. The lowest BCUT2D eigenvalue weighted by Crippen LogP contribution is -2.18. The first-order valence-electron chi connectivity index (χ1n) is 8.94. The van der Waals surface area contributed by atoms with Crippen molar-refractivity contribution >= 4 is 17.6 Å². The molecule has 1 aliphatic rings. The van der Waals surface area contributed by atoms with E-state index in [0.717, 1.165) is 25.0 Å². The predicted molar refractivity (Wildman–Crippen MR) is 102 cm³/mol. The average Bonchev–Trinajstić information content (AvgIpc) is 3.14. The fourth-order valence-electron chi connectivity index (χ4n) is 3.04. The molecule has 27 heavy (non-hydrogen) atoms. The molecule has 0 radical (unpaired) electrons. The Labute approximate surface area is 158 Å². The first-order valence-corrected chi connectivity index (χ1v) is 8.94. The minimum absolute atomic E-state index is 0.0731. The maximum Gasteiger partial charge on any atom is 0.335 e. The van der Waals surface area contributed by atoms with Crippen molar-refractivity contribution in [3.8, 4) is 5.75 Å². The number of aromatic carboxylic acids is 1. The first kappa shape index (κ1) is 18.9. The molecular weight excluding hydrogens is 346 g/mol. The van der Waals surface area contributed by atoms with Crippen LogP contribution < -0.4 is 10.1 Å². The maximum atomic E-state index is 12.7. The van der Waals surface area contributed by atoms with Gasteiger partial charge in [-0.3, -0.25) is 4.79 Å². The molecule has 142 valence electrons. The van der Waals surface area contributed by atoms with Gasteiger partial charge in [0.15, 0.2) is 0 Å². The molecule has 0 saturated carbocycles. The molecule has 1 unspecified atom stereocenters. The Balaban J connectivity index is 1.78. The summed E-state index contributed by atoms with van der Waals surface area (Å²) in [6.07, 6.45) is 2.07. The lowest BCUT2D eigenvalue weighted by Gasteiger charge is -2.16. The molecule has 2 aromatic rings. The van der Waals surface area contributed by atoms with Crippen LogP contribution in [0.2, 0.25) is 0 Å². The van der Waals surface area contributed by atoms with Crippen molar-refractivity contribution in [3.05, 3.63) is 58.7 Å². The molecule has 1 atom stereocenters. The summed E-state index contributed by atoms with van der Waals surface area (Å²) < 4.78 is 11.5. The quantitative estimate of drug-likeness (QED) is 0.809. The summed E-state index contributed by atoms with van der Waals surface area (Å²) in [5.74, 6) is -0.874. The molecule has 0 spiro atoms. The molecule has 6 heteroatoms. The fraction of sp³-hybridized carbons (Fsp3) is 0.333. The molecule has 6 nitrogen and oxygen atoms in total. The molecule has 1 heterocycles. The Morgan fingerprint density at radius 3 is 2.63 bits per heavy atom. The predicted octanol–water partition coefficient (Wildman–Crippen LogP) is 3.81. The normalized spacial score (nSPS) is 16.1. The number of nitrogens with one attached hydrogen (secondary N) is 1. The first-order chi connectivity index (χ1) is 12.9. The van der Waals surface area contributed by atoms with E-state index in [1.165, 1.54) is 12.1 Å². The Kier molecular flexibility index (Phi) is 5.76. The Morgan fingerprint density at radius 2 is 1.93 bits per heavy atom. The van der Waals surface area contributed by atoms with Gasteiger partial charge in [0.2, 0.25) is 0 Å². The number of rotatable bonds is 6. The van der Waals surface area contributed by atoms with E-state index >= 15 is 0 Å². The van der Waals surface area contributed by atoms with Crippen molar-refractivity contribution in [2.75, 3.05) is 18.5 Å². The summed E-state index contributed by atoms with van der Waals surface area (Å²) in [6.45, 7) is 4.89. The second-order valence-corrected chi connectivity index (χ2v) is 6.79. The monoisotopic (exact) mass is 369 g/mol. The van der Waals surface area contributed by atoms with Gasteiger partial charge in [0.1, 0.15) is 12.4 Å². The minimum atomic E-state index is -1.07. The van der Waals surface area contributed by atoms with Crippen molar-refractivity contribution < 1.29 is 24.2 Å². The van der Waals surface area contributed by atoms with Crippen LogP contribution in [0.3, 0.4) is 0 Å². The van der Waals surface area contributed by atoms with Crippen molar-refractivity contribution in [3.63, 3.8) is 0 Å². The van der Waals surface area contributed by atoms with Crippen LogP contribution in [0, 0.1) is 13.8 Å². The number of hydrogen-bond acceptors (Lipinski definition) is 4. The molecule has 0 aromatic heterocycles. The number of carboxylic acid groups (broad SMARTS) is 1. The van der Waals surface area contributed by atoms with E-state index in [0.29, 0.717) is 23.6 Å². The topological polar surface area (TPSA) is 84.9 Å². The highest BCUT2D eigenvalue weighted by atomic mass is 16.5. The molecule has 1 saturated heterocycles. The van der Waals surface area contributed by atoms with Gasteiger partial charge in [-0.2, -0.15) is 0 Å². The van der Waals surface area contributed by atoms with Gasteiger partial charge in [0.25, 0.3) is 5.91 Å². The van der Waals surface area contributed by atoms with Crippen LogP contribution in [0.4, 0.5) is 5.69 Å². The molecular formula is C21H23NO5. The highest BCUT2D eigenvalue weighted by Crippen LogP contribution is 2.27. The van der Waals surface area contributed by atoms with Gasteiger partial charge in [-0.1, -0.05) is 6.07 Å². The second kappa shape index (κ2) is 8.22. The number of ether oxygens (including phenoxy) is 2. The largest absolute Gasteiger partial charge is 0.489 e. The van der Waals surface area contributed by atoms with E-state index in [9.17, 15) is 14.7 Å². The van der Waals surface area contributed by atoms with Crippen molar-refractivity contribution in [2.24, 2.45) is 0 Å². The maximum absolute atomic E-state index is 12.7. The minimum Gasteiger partial charge on any atom is -0.489 e. The van der Waals surface area contributed by atoms with Crippen LogP contribution in [0.15, 0.2) is 36.4 Å². The standard InChI is InChI=1S/C21H23NO5/c1-13-5-6-18(19(10-13)27-12-17-4-3-7-26-17)22-20(23)15-8-14(2)9-16(11-15)21(24)25/h5-6,8-11,17H,3-4,7,12H2,1-2H3,(H,22,23)(H,24,25). The van der Waals surface area contributed by atoms with Crippen LogP contribution in [-0.4, -0.2) is 36.3 Å². The third kappa shape index (κ3) is 4.86. The Morgan fingerprint density at radius 1 is 1.15 bits per heavy atom. The number of hydrogen-bond donors (Lipinski definition) is 2. The van der Waals surface area contributed by atoms with Gasteiger partial charge in [0, 0.05) is 12.2 Å². The summed E-state index contributed by atoms with van der Waals surface area (Å²) in [7, 11) is 0. The van der Waals surface area contributed by atoms with Crippen molar-refractivity contribution in [1.82, 2.24) is 0 Å². The zero-order valence-electron chi connectivity index (χ0n) is 15.5. The second-order valence-electron chi connectivity index (χ2n) is 6.79. The summed E-state index contributed by atoms with van der Waals surface area (Å²) in [5, 5.41) is 12.0. The summed E-state index contributed by atoms with van der Waals surface area (Å²) >= 11 is 0. The zero-order valence-corrected chi connectivity index (χ0v) is 15.5. The molecule has 0 bridgehead atoms. The third-order valence-electron chi connectivity index (χ3n) is 4.42. The molecule has 2 aromatic carbocycles. The number of anilines is 1. The highest BCUT2D eigenvalue weighted by Gasteiger charge is 2.18. The lowest BCUT2D eigenvalue weighted by atomic mass is 10.1. The van der Waals surface area contributed by atoms with Gasteiger partial charge < -0.3 is 19.9 Å². The summed E-state index contributed by atoms with van der Waals surface area (Å²) in [4.78, 5) is 23.9. The van der Waals surface area contributed by atoms with E-state index in [4.69, 9.17) is 9.47 Å². The third-order valence-corrected chi connectivity index (χ3v) is 4.42. The number of carbonyl (C=O) groups excluding carboxylic acids is 1. The van der Waals surface area contributed by atoms with Crippen LogP contribution in [0.5, 0.6) is 5.75 Å². The number of aryl methyl sites for hydroxylation is 2. The Hall–Kier alpha value is -2.86. The van der Waals surface area contributed by atoms with E-state index < -0.39 is 5.97 Å². The van der Waals surface area contributed by atoms with Gasteiger partial charge >= 0.3 is 5.97 Å². The van der Waals surface area contributed by atoms with Gasteiger partial charge in [0.05, 0.1) is 17.4 Å². The number of carbonyl (C=O) groups is 2. The highest BCUT2D eigenvalue weighted by molar-refractivity contribution is 6.06.